The molecule has 0 radical (unpaired) electrons. The molecule has 52 heavy (non-hydrogen) atoms. The first-order valence-corrected chi connectivity index (χ1v) is 18.8. The number of hydrogen-bond donors (Lipinski definition) is 0. The van der Waals surface area contributed by atoms with Crippen molar-refractivity contribution in [3.05, 3.63) is 133 Å². The first-order chi connectivity index (χ1) is 24.8. The van der Waals surface area contributed by atoms with Crippen LogP contribution < -0.4 is 0 Å². The van der Waals surface area contributed by atoms with Gasteiger partial charge in [0.25, 0.3) is 0 Å². The van der Waals surface area contributed by atoms with Crippen molar-refractivity contribution in [1.29, 1.82) is 0 Å². The van der Waals surface area contributed by atoms with Gasteiger partial charge in [0.1, 0.15) is 0 Å². The monoisotopic (exact) mass is 679 g/mol. The first kappa shape index (κ1) is 32.6. The molecule has 3 heterocycles. The van der Waals surface area contributed by atoms with Gasteiger partial charge in [0.2, 0.25) is 0 Å². The van der Waals surface area contributed by atoms with Crippen molar-refractivity contribution in [2.75, 3.05) is 0 Å². The lowest BCUT2D eigenvalue weighted by Gasteiger charge is -2.23. The molecule has 0 spiro atoms. The van der Waals surface area contributed by atoms with Gasteiger partial charge in [-0.1, -0.05) is 36.4 Å². The second-order valence-electron chi connectivity index (χ2n) is 15.8. The third kappa shape index (κ3) is 3.81. The number of aromatic nitrogens is 3. The molecule has 0 atom stereocenters. The fraction of sp³-hybridized carbons (Fsp3) is 0.265. The normalized spacial score (nSPS) is 12.3. The van der Waals surface area contributed by atoms with Crippen molar-refractivity contribution in [3.8, 4) is 5.69 Å². The Morgan fingerprint density at radius 3 is 1.17 bits per heavy atom. The predicted molar refractivity (Wildman–Crippen MR) is 226 cm³/mol. The molecule has 0 N–H and O–H groups in total. The van der Waals surface area contributed by atoms with Gasteiger partial charge in [0, 0.05) is 21.5 Å². The maximum absolute atomic E-state index is 2.65. The maximum atomic E-state index is 2.65. The van der Waals surface area contributed by atoms with E-state index in [4.69, 9.17) is 0 Å². The molecule has 260 valence electrons. The summed E-state index contributed by atoms with van der Waals surface area (Å²) in [4.78, 5) is 0. The Hall–Kier alpha value is -5.28. The van der Waals surface area contributed by atoms with Gasteiger partial charge in [-0.2, -0.15) is 0 Å². The van der Waals surface area contributed by atoms with Crippen molar-refractivity contribution in [3.63, 3.8) is 0 Å². The summed E-state index contributed by atoms with van der Waals surface area (Å²) < 4.78 is 7.89. The van der Waals surface area contributed by atoms with Crippen molar-refractivity contribution < 1.29 is 0 Å². The van der Waals surface area contributed by atoms with Gasteiger partial charge in [-0.25, -0.2) is 0 Å². The van der Waals surface area contributed by atoms with E-state index in [2.05, 4.69) is 164 Å². The van der Waals surface area contributed by atoms with Crippen LogP contribution in [0, 0.1) is 90.0 Å². The maximum Gasteiger partial charge on any atom is 0.0783 e. The number of rotatable bonds is 1. The molecule has 0 aliphatic carbocycles. The summed E-state index contributed by atoms with van der Waals surface area (Å²) in [5.74, 6) is 0. The van der Waals surface area contributed by atoms with E-state index in [1.165, 1.54) is 144 Å². The molecule has 0 fully saturated rings. The molecule has 0 bridgehead atoms. The zero-order valence-electron chi connectivity index (χ0n) is 33.1. The minimum absolute atomic E-state index is 1.19. The lowest BCUT2D eigenvalue weighted by molar-refractivity contribution is 1.06. The van der Waals surface area contributed by atoms with Gasteiger partial charge >= 0.3 is 0 Å². The fourth-order valence-corrected chi connectivity index (χ4v) is 9.83. The molecule has 3 aromatic heterocycles. The summed E-state index contributed by atoms with van der Waals surface area (Å²) in [6, 6.07) is 23.2. The Balaban J connectivity index is 1.82. The lowest BCUT2D eigenvalue weighted by Crippen LogP contribution is -2.08. The van der Waals surface area contributed by atoms with Crippen LogP contribution in [0.25, 0.3) is 71.4 Å². The standard InChI is InChI=1S/C49H49N3/c1-24-27(4)33(10)45(34(11)28(24)5)50-39-20-14-15-21-40(39)51-46-35(12)29(6)25(2)31(8)43(46)38-19-17-23-42(49(38)51)52-47-36(13)30(7)26(3)32(9)44(47)37-18-16-22-41(50)48(37)52/h14-23H,1-13H3. The van der Waals surface area contributed by atoms with Crippen LogP contribution in [0.5, 0.6) is 0 Å². The summed E-state index contributed by atoms with van der Waals surface area (Å²) in [7, 11) is 0. The Labute approximate surface area is 306 Å². The molecular formula is C49H49N3. The highest BCUT2D eigenvalue weighted by Crippen LogP contribution is 2.45. The Morgan fingerprint density at radius 1 is 0.288 bits per heavy atom. The fourth-order valence-electron chi connectivity index (χ4n) is 9.83. The highest BCUT2D eigenvalue weighted by atomic mass is 15.0. The number of benzene rings is 6. The summed E-state index contributed by atoms with van der Waals surface area (Å²) >= 11 is 0. The molecule has 0 aliphatic rings. The predicted octanol–water partition coefficient (Wildman–Crippen LogP) is 13.3. The molecule has 3 heteroatoms. The highest BCUT2D eigenvalue weighted by molar-refractivity contribution is 6.21. The van der Waals surface area contributed by atoms with Gasteiger partial charge in [-0.15, -0.1) is 0 Å². The number of aryl methyl sites for hydroxylation is 4. The second kappa shape index (κ2) is 10.9. The summed E-state index contributed by atoms with van der Waals surface area (Å²) in [6.45, 7) is 30.1. The van der Waals surface area contributed by atoms with Crippen LogP contribution in [0.2, 0.25) is 0 Å². The van der Waals surface area contributed by atoms with E-state index in [0.717, 1.165) is 0 Å². The quantitative estimate of drug-likeness (QED) is 0.164. The van der Waals surface area contributed by atoms with Crippen molar-refractivity contribution in [1.82, 2.24) is 13.4 Å². The average molecular weight is 680 g/mol. The Bertz CT molecular complexity index is 3100. The third-order valence-electron chi connectivity index (χ3n) is 13.8. The number of fused-ring (bicyclic) bond motifs is 9. The van der Waals surface area contributed by atoms with E-state index in [1.807, 2.05) is 0 Å². The van der Waals surface area contributed by atoms with Crippen LogP contribution in [-0.4, -0.2) is 13.4 Å². The van der Waals surface area contributed by atoms with Crippen LogP contribution in [0.1, 0.15) is 72.3 Å². The van der Waals surface area contributed by atoms with Crippen LogP contribution in [0.3, 0.4) is 0 Å². The van der Waals surface area contributed by atoms with Gasteiger partial charge in [0.15, 0.2) is 0 Å². The second-order valence-corrected chi connectivity index (χ2v) is 15.8. The van der Waals surface area contributed by atoms with E-state index in [0.29, 0.717) is 0 Å². The minimum atomic E-state index is 1.19. The summed E-state index contributed by atoms with van der Waals surface area (Å²) in [6.07, 6.45) is 0. The molecule has 9 rings (SSSR count). The molecule has 0 amide bonds. The van der Waals surface area contributed by atoms with E-state index in [9.17, 15) is 0 Å². The third-order valence-corrected chi connectivity index (χ3v) is 13.8. The van der Waals surface area contributed by atoms with E-state index >= 15 is 0 Å². The summed E-state index contributed by atoms with van der Waals surface area (Å²) in [5, 5.41) is 5.32. The minimum Gasteiger partial charge on any atom is -0.306 e. The van der Waals surface area contributed by atoms with Gasteiger partial charge in [-0.3, -0.25) is 0 Å². The number of para-hydroxylation sites is 4. The van der Waals surface area contributed by atoms with Crippen LogP contribution in [-0.2, 0) is 0 Å². The highest BCUT2D eigenvalue weighted by Gasteiger charge is 2.25. The molecule has 0 saturated heterocycles. The SMILES string of the molecule is Cc1c(C)c(C)c(-n2c3ccccc3n3c4c(C)c(C)c(C)c(C)c4c4cccc(c43)n3c4c(C)c(C)c(C)c(C)c4c4cccc2c43)c(C)c1C. The van der Waals surface area contributed by atoms with Gasteiger partial charge in [-0.05, 0) is 187 Å². The Morgan fingerprint density at radius 2 is 0.654 bits per heavy atom. The smallest absolute Gasteiger partial charge is 0.0783 e. The number of hydrogen-bond acceptors (Lipinski definition) is 0. The average Bonchev–Trinajstić information content (AvgIpc) is 3.69. The molecule has 9 aromatic rings. The largest absolute Gasteiger partial charge is 0.306 e. The first-order valence-electron chi connectivity index (χ1n) is 18.8. The molecule has 0 unspecified atom stereocenters. The molecular weight excluding hydrogens is 631 g/mol. The lowest BCUT2D eigenvalue weighted by atomic mass is 9.92. The van der Waals surface area contributed by atoms with E-state index < -0.39 is 0 Å². The number of nitrogens with zero attached hydrogens (tertiary/aromatic N) is 3. The topological polar surface area (TPSA) is 13.8 Å². The van der Waals surface area contributed by atoms with Crippen molar-refractivity contribution in [2.24, 2.45) is 0 Å². The molecule has 0 aliphatic heterocycles. The van der Waals surface area contributed by atoms with Gasteiger partial charge < -0.3 is 13.4 Å². The molecule has 0 saturated carbocycles. The van der Waals surface area contributed by atoms with E-state index in [-0.39, 0.29) is 0 Å². The Kier molecular flexibility index (Phi) is 6.82. The van der Waals surface area contributed by atoms with Crippen molar-refractivity contribution >= 4 is 65.7 Å². The van der Waals surface area contributed by atoms with Crippen LogP contribution >= 0.6 is 0 Å². The van der Waals surface area contributed by atoms with Gasteiger partial charge in [0.05, 0.1) is 49.8 Å². The summed E-state index contributed by atoms with van der Waals surface area (Å²) in [5.41, 5.74) is 28.9. The van der Waals surface area contributed by atoms with E-state index in [1.54, 1.807) is 0 Å². The van der Waals surface area contributed by atoms with Crippen LogP contribution in [0.4, 0.5) is 0 Å². The zero-order chi connectivity index (χ0) is 36.8. The molecule has 3 nitrogen and oxygen atoms in total. The molecule has 6 aromatic carbocycles. The van der Waals surface area contributed by atoms with Crippen LogP contribution in [0.15, 0.2) is 60.7 Å². The zero-order valence-corrected chi connectivity index (χ0v) is 33.1. The van der Waals surface area contributed by atoms with Crippen molar-refractivity contribution in [2.45, 2.75) is 90.0 Å².